The van der Waals surface area contributed by atoms with Crippen molar-refractivity contribution in [2.75, 3.05) is 6.61 Å². The third-order valence-corrected chi connectivity index (χ3v) is 5.04. The van der Waals surface area contributed by atoms with Gasteiger partial charge in [0.05, 0.1) is 24.2 Å². The van der Waals surface area contributed by atoms with Gasteiger partial charge in [0.15, 0.2) is 0 Å². The molecule has 0 saturated carbocycles. The summed E-state index contributed by atoms with van der Waals surface area (Å²) in [5.41, 5.74) is -0.195. The van der Waals surface area contributed by atoms with Gasteiger partial charge in [0.2, 0.25) is 0 Å². The van der Waals surface area contributed by atoms with Crippen molar-refractivity contribution in [1.29, 1.82) is 0 Å². The van der Waals surface area contributed by atoms with E-state index in [1.165, 1.54) is 0 Å². The number of esters is 1. The summed E-state index contributed by atoms with van der Waals surface area (Å²) in [5, 5.41) is 1.01. The molecule has 1 aliphatic heterocycles. The number of benzene rings is 1. The maximum Gasteiger partial charge on any atom is 0.466 e. The van der Waals surface area contributed by atoms with Crippen LogP contribution < -0.4 is 0 Å². The minimum Gasteiger partial charge on any atom is -0.466 e. The van der Waals surface area contributed by atoms with Crippen LogP contribution in [0.4, 0.5) is 0 Å². The largest absolute Gasteiger partial charge is 0.466 e. The lowest BCUT2D eigenvalue weighted by molar-refractivity contribution is -0.143. The number of hydrogen-bond acceptors (Lipinski definition) is 4. The molecule has 0 aromatic heterocycles. The molecule has 24 heavy (non-hydrogen) atoms. The van der Waals surface area contributed by atoms with Crippen LogP contribution in [0.15, 0.2) is 18.2 Å². The fourth-order valence-electron chi connectivity index (χ4n) is 2.61. The molecule has 0 amide bonds. The Morgan fingerprint density at radius 3 is 2.08 bits per heavy atom. The highest BCUT2D eigenvalue weighted by molar-refractivity contribution is 6.48. The van der Waals surface area contributed by atoms with Gasteiger partial charge in [0.1, 0.15) is 0 Å². The van der Waals surface area contributed by atoms with E-state index in [4.69, 9.17) is 37.2 Å². The third-order valence-electron chi connectivity index (χ3n) is 4.60. The van der Waals surface area contributed by atoms with Gasteiger partial charge in [-0.1, -0.05) is 23.2 Å². The van der Waals surface area contributed by atoms with E-state index in [0.29, 0.717) is 16.7 Å². The van der Waals surface area contributed by atoms with Crippen molar-refractivity contribution in [3.8, 4) is 0 Å². The van der Waals surface area contributed by atoms with Crippen LogP contribution in [0.2, 0.25) is 10.0 Å². The summed E-state index contributed by atoms with van der Waals surface area (Å²) >= 11 is 12.3. The van der Waals surface area contributed by atoms with E-state index >= 15 is 0 Å². The van der Waals surface area contributed by atoms with E-state index in [1.807, 2.05) is 27.7 Å². The molecule has 1 saturated heterocycles. The summed E-state index contributed by atoms with van der Waals surface area (Å²) in [6.07, 6.45) is 0.126. The Kier molecular flexibility index (Phi) is 5.91. The van der Waals surface area contributed by atoms with Gasteiger partial charge >= 0.3 is 13.1 Å². The van der Waals surface area contributed by atoms with Crippen molar-refractivity contribution in [1.82, 2.24) is 0 Å². The van der Waals surface area contributed by atoms with Crippen LogP contribution in [-0.4, -0.2) is 30.9 Å². The van der Waals surface area contributed by atoms with E-state index in [9.17, 15) is 4.79 Å². The maximum atomic E-state index is 12.1. The van der Waals surface area contributed by atoms with Crippen LogP contribution in [-0.2, 0) is 18.8 Å². The molecule has 1 aromatic rings. The number of ether oxygens (including phenoxy) is 1. The Hall–Kier alpha value is -0.745. The van der Waals surface area contributed by atoms with Crippen LogP contribution in [0.3, 0.4) is 0 Å². The number of rotatable bonds is 5. The first-order valence-electron chi connectivity index (χ1n) is 8.03. The fraction of sp³-hybridized carbons (Fsp3) is 0.588. The van der Waals surface area contributed by atoms with E-state index in [1.54, 1.807) is 25.1 Å². The molecule has 1 unspecified atom stereocenters. The van der Waals surface area contributed by atoms with E-state index < -0.39 is 18.3 Å². The Labute approximate surface area is 153 Å². The van der Waals surface area contributed by atoms with Gasteiger partial charge in [-0.25, -0.2) is 0 Å². The Morgan fingerprint density at radius 2 is 1.62 bits per heavy atom. The summed E-state index contributed by atoms with van der Waals surface area (Å²) in [7, 11) is -0.589. The lowest BCUT2D eigenvalue weighted by Crippen LogP contribution is -2.41. The molecule has 7 heteroatoms. The number of carbonyl (C=O) groups is 1. The molecule has 1 atom stereocenters. The molecule has 0 bridgehead atoms. The summed E-state index contributed by atoms with van der Waals surface area (Å²) in [6.45, 7) is 9.99. The number of carbonyl (C=O) groups excluding carboxylic acids is 1. The normalized spacial score (nSPS) is 20.0. The quantitative estimate of drug-likeness (QED) is 0.556. The first-order valence-corrected chi connectivity index (χ1v) is 8.78. The summed E-state index contributed by atoms with van der Waals surface area (Å²) in [6, 6.07) is 5.21. The summed E-state index contributed by atoms with van der Waals surface area (Å²) in [5.74, 6) is -0.672. The van der Waals surface area contributed by atoms with Crippen molar-refractivity contribution in [3.05, 3.63) is 33.8 Å². The number of hydrogen-bond donors (Lipinski definition) is 0. The lowest BCUT2D eigenvalue weighted by atomic mass is 9.66. The minimum absolute atomic E-state index is 0.126. The molecule has 1 aromatic carbocycles. The molecule has 0 aliphatic carbocycles. The molecular formula is C17H23BCl2O4. The van der Waals surface area contributed by atoms with E-state index in [2.05, 4.69) is 0 Å². The van der Waals surface area contributed by atoms with Crippen LogP contribution >= 0.6 is 23.2 Å². The smallest absolute Gasteiger partial charge is 0.466 e. The van der Waals surface area contributed by atoms with Crippen LogP contribution in [0.1, 0.15) is 52.4 Å². The second kappa shape index (κ2) is 7.24. The van der Waals surface area contributed by atoms with Crippen molar-refractivity contribution in [2.24, 2.45) is 0 Å². The zero-order chi connectivity index (χ0) is 18.1. The Balaban J connectivity index is 2.35. The summed E-state index contributed by atoms with van der Waals surface area (Å²) in [4.78, 5) is 12.1. The van der Waals surface area contributed by atoms with Crippen molar-refractivity contribution >= 4 is 36.3 Å². The lowest BCUT2D eigenvalue weighted by Gasteiger charge is -2.32. The standard InChI is InChI=1S/C17H23BCl2O4/c1-6-22-15(21)10-14(11-7-12(19)9-13(20)8-11)18-23-16(2,3)17(4,5)24-18/h7-9,14H,6,10H2,1-5H3. The highest BCUT2D eigenvalue weighted by Crippen LogP contribution is 2.42. The highest BCUT2D eigenvalue weighted by atomic mass is 35.5. The first kappa shape index (κ1) is 19.6. The predicted octanol–water partition coefficient (Wildman–Crippen LogP) is 4.66. The van der Waals surface area contributed by atoms with Gasteiger partial charge in [0, 0.05) is 15.9 Å². The molecule has 1 aliphatic rings. The van der Waals surface area contributed by atoms with Crippen LogP contribution in [0.5, 0.6) is 0 Å². The van der Waals surface area contributed by atoms with Gasteiger partial charge in [-0.3, -0.25) is 4.79 Å². The van der Waals surface area contributed by atoms with Crippen molar-refractivity contribution in [2.45, 2.75) is 58.1 Å². The highest BCUT2D eigenvalue weighted by Gasteiger charge is 2.54. The second-order valence-corrected chi connectivity index (χ2v) is 7.82. The van der Waals surface area contributed by atoms with Gasteiger partial charge in [-0.15, -0.1) is 0 Å². The zero-order valence-corrected chi connectivity index (χ0v) is 16.2. The fourth-order valence-corrected chi connectivity index (χ4v) is 3.16. The molecule has 0 radical (unpaired) electrons. The Morgan fingerprint density at radius 1 is 1.12 bits per heavy atom. The number of halogens is 2. The molecule has 0 N–H and O–H groups in total. The van der Waals surface area contributed by atoms with Gasteiger partial charge in [-0.2, -0.15) is 0 Å². The predicted molar refractivity (Wildman–Crippen MR) is 96.5 cm³/mol. The molecule has 4 nitrogen and oxygen atoms in total. The topological polar surface area (TPSA) is 44.8 Å². The minimum atomic E-state index is -0.589. The average Bonchev–Trinajstić information content (AvgIpc) is 2.63. The molecule has 1 heterocycles. The van der Waals surface area contributed by atoms with Crippen molar-refractivity contribution in [3.63, 3.8) is 0 Å². The maximum absolute atomic E-state index is 12.1. The van der Waals surface area contributed by atoms with Gasteiger partial charge in [-0.05, 0) is 58.4 Å². The molecule has 2 rings (SSSR count). The SMILES string of the molecule is CCOC(=O)CC(B1OC(C)(C)C(C)(C)O1)c1cc(Cl)cc(Cl)c1. The summed E-state index contributed by atoms with van der Waals surface area (Å²) < 4.78 is 17.3. The van der Waals surface area contributed by atoms with E-state index in [0.717, 1.165) is 5.56 Å². The van der Waals surface area contributed by atoms with Gasteiger partial charge in [0.25, 0.3) is 0 Å². The molecule has 132 valence electrons. The zero-order valence-electron chi connectivity index (χ0n) is 14.7. The van der Waals surface area contributed by atoms with Crippen LogP contribution in [0, 0.1) is 0 Å². The monoisotopic (exact) mass is 372 g/mol. The Bertz CT molecular complexity index is 582. The first-order chi connectivity index (χ1) is 11.1. The second-order valence-electron chi connectivity index (χ2n) is 6.94. The molecule has 0 spiro atoms. The molecule has 1 fully saturated rings. The van der Waals surface area contributed by atoms with E-state index in [-0.39, 0.29) is 18.2 Å². The van der Waals surface area contributed by atoms with Crippen molar-refractivity contribution < 1.29 is 18.8 Å². The van der Waals surface area contributed by atoms with Gasteiger partial charge < -0.3 is 14.0 Å². The third kappa shape index (κ3) is 4.26. The van der Waals surface area contributed by atoms with Crippen LogP contribution in [0.25, 0.3) is 0 Å². The molecular weight excluding hydrogens is 350 g/mol. The average molecular weight is 373 g/mol.